The van der Waals surface area contributed by atoms with Gasteiger partial charge in [0.05, 0.1) is 0 Å². The maximum absolute atomic E-state index is 8.73. The van der Waals surface area contributed by atoms with Crippen molar-refractivity contribution in [2.45, 2.75) is 38.6 Å². The van der Waals surface area contributed by atoms with Crippen LogP contribution in [0.3, 0.4) is 0 Å². The fraction of sp³-hybridized carbons (Fsp3) is 0.615. The van der Waals surface area contributed by atoms with Crippen molar-refractivity contribution in [3.05, 3.63) is 29.1 Å². The molecule has 88 valence electrons. The van der Waals surface area contributed by atoms with Gasteiger partial charge in [0.15, 0.2) is 0 Å². The number of rotatable bonds is 4. The highest BCUT2D eigenvalue weighted by Crippen LogP contribution is 2.20. The Kier molecular flexibility index (Phi) is 3.91. The average Bonchev–Trinajstić information content (AvgIpc) is 2.29. The monoisotopic (exact) mass is 220 g/mol. The number of aryl methyl sites for hydroxylation is 2. The predicted octanol–water partition coefficient (Wildman–Crippen LogP) is 1.22. The number of aliphatic hydroxyl groups is 1. The molecule has 1 aliphatic carbocycles. The van der Waals surface area contributed by atoms with E-state index in [0.29, 0.717) is 6.04 Å². The van der Waals surface area contributed by atoms with E-state index < -0.39 is 0 Å². The lowest BCUT2D eigenvalue weighted by atomic mass is 9.91. The first-order chi connectivity index (χ1) is 7.79. The van der Waals surface area contributed by atoms with Gasteiger partial charge >= 0.3 is 0 Å². The van der Waals surface area contributed by atoms with Crippen molar-refractivity contribution in [3.8, 4) is 0 Å². The quantitative estimate of drug-likeness (QED) is 0.750. The molecule has 0 saturated heterocycles. The maximum atomic E-state index is 8.73. The third-order valence-electron chi connectivity index (χ3n) is 3.17. The van der Waals surface area contributed by atoms with Crippen LogP contribution >= 0.6 is 0 Å². The molecule has 1 atom stereocenters. The van der Waals surface area contributed by atoms with Gasteiger partial charge in [-0.1, -0.05) is 6.07 Å². The molecule has 1 aliphatic rings. The lowest BCUT2D eigenvalue weighted by Gasteiger charge is -2.25. The zero-order valence-corrected chi connectivity index (χ0v) is 9.87. The zero-order valence-electron chi connectivity index (χ0n) is 9.87. The van der Waals surface area contributed by atoms with Gasteiger partial charge in [0.1, 0.15) is 0 Å². The number of nitrogens with zero attached hydrogens (tertiary/aromatic N) is 1. The van der Waals surface area contributed by atoms with Crippen LogP contribution in [0.2, 0.25) is 0 Å². The smallest absolute Gasteiger partial charge is 0.0451 e. The summed E-state index contributed by atoms with van der Waals surface area (Å²) in [7, 11) is 0. The van der Waals surface area contributed by atoms with Gasteiger partial charge in [-0.05, 0) is 43.9 Å². The van der Waals surface area contributed by atoms with E-state index in [1.807, 2.05) is 6.20 Å². The van der Waals surface area contributed by atoms with E-state index in [4.69, 9.17) is 5.11 Å². The Balaban J connectivity index is 1.93. The van der Waals surface area contributed by atoms with E-state index in [0.717, 1.165) is 25.8 Å². The Morgan fingerprint density at radius 2 is 2.44 bits per heavy atom. The van der Waals surface area contributed by atoms with Crippen LogP contribution < -0.4 is 5.32 Å². The Morgan fingerprint density at radius 1 is 1.56 bits per heavy atom. The van der Waals surface area contributed by atoms with Crippen LogP contribution in [0.4, 0.5) is 0 Å². The first kappa shape index (κ1) is 11.6. The summed E-state index contributed by atoms with van der Waals surface area (Å²) in [5.41, 5.74) is 3.92. The topological polar surface area (TPSA) is 45.2 Å². The molecule has 2 N–H and O–H groups in total. The molecule has 0 saturated carbocycles. The van der Waals surface area contributed by atoms with Crippen molar-refractivity contribution in [1.82, 2.24) is 10.3 Å². The summed E-state index contributed by atoms with van der Waals surface area (Å²) < 4.78 is 0. The zero-order chi connectivity index (χ0) is 11.4. The number of aromatic nitrogens is 1. The van der Waals surface area contributed by atoms with Gasteiger partial charge < -0.3 is 10.4 Å². The molecule has 1 unspecified atom stereocenters. The Bertz CT molecular complexity index is 352. The van der Waals surface area contributed by atoms with Crippen LogP contribution in [0.1, 0.15) is 29.7 Å². The van der Waals surface area contributed by atoms with Crippen LogP contribution in [-0.4, -0.2) is 29.3 Å². The van der Waals surface area contributed by atoms with E-state index in [1.54, 1.807) is 0 Å². The molecule has 0 amide bonds. The molecular weight excluding hydrogens is 200 g/mol. The van der Waals surface area contributed by atoms with Crippen LogP contribution in [0.25, 0.3) is 0 Å². The molecule has 3 nitrogen and oxygen atoms in total. The summed E-state index contributed by atoms with van der Waals surface area (Å²) in [6, 6.07) is 2.79. The lowest BCUT2D eigenvalue weighted by Crippen LogP contribution is -2.35. The van der Waals surface area contributed by atoms with Gasteiger partial charge in [-0.25, -0.2) is 0 Å². The molecule has 2 rings (SSSR count). The van der Waals surface area contributed by atoms with Gasteiger partial charge in [-0.15, -0.1) is 0 Å². The van der Waals surface area contributed by atoms with Gasteiger partial charge in [0.25, 0.3) is 0 Å². The molecule has 3 heteroatoms. The molecule has 0 radical (unpaired) electrons. The normalized spacial score (nSPS) is 19.5. The number of nitrogens with one attached hydrogen (secondary N) is 1. The minimum absolute atomic E-state index is 0.272. The fourth-order valence-corrected chi connectivity index (χ4v) is 2.28. The van der Waals surface area contributed by atoms with Crippen molar-refractivity contribution < 1.29 is 5.11 Å². The van der Waals surface area contributed by atoms with E-state index in [1.165, 1.54) is 23.2 Å². The summed E-state index contributed by atoms with van der Waals surface area (Å²) in [6.45, 7) is 3.27. The van der Waals surface area contributed by atoms with Gasteiger partial charge in [0.2, 0.25) is 0 Å². The lowest BCUT2D eigenvalue weighted by molar-refractivity contribution is 0.281. The van der Waals surface area contributed by atoms with E-state index in [2.05, 4.69) is 23.3 Å². The van der Waals surface area contributed by atoms with Gasteiger partial charge in [0, 0.05) is 31.0 Å². The maximum Gasteiger partial charge on any atom is 0.0451 e. The van der Waals surface area contributed by atoms with E-state index in [9.17, 15) is 0 Å². The van der Waals surface area contributed by atoms with E-state index in [-0.39, 0.29) is 6.61 Å². The summed E-state index contributed by atoms with van der Waals surface area (Å²) in [6.07, 6.45) is 6.13. The summed E-state index contributed by atoms with van der Waals surface area (Å²) in [4.78, 5) is 4.51. The van der Waals surface area contributed by atoms with Gasteiger partial charge in [-0.2, -0.15) is 0 Å². The first-order valence-electron chi connectivity index (χ1n) is 6.08. The third-order valence-corrected chi connectivity index (χ3v) is 3.17. The average molecular weight is 220 g/mol. The third kappa shape index (κ3) is 2.80. The van der Waals surface area contributed by atoms with Crippen molar-refractivity contribution in [3.63, 3.8) is 0 Å². The molecule has 0 aromatic carbocycles. The van der Waals surface area contributed by atoms with Crippen LogP contribution in [0.15, 0.2) is 12.3 Å². The van der Waals surface area contributed by atoms with Crippen LogP contribution in [0, 0.1) is 6.92 Å². The number of hydrogen-bond acceptors (Lipinski definition) is 3. The summed E-state index contributed by atoms with van der Waals surface area (Å²) in [5.74, 6) is 0. The van der Waals surface area contributed by atoms with Crippen molar-refractivity contribution in [2.75, 3.05) is 13.2 Å². The Morgan fingerprint density at radius 3 is 3.25 bits per heavy atom. The molecule has 1 aromatic heterocycles. The van der Waals surface area contributed by atoms with Gasteiger partial charge in [-0.3, -0.25) is 4.98 Å². The Labute approximate surface area is 96.9 Å². The summed E-state index contributed by atoms with van der Waals surface area (Å²) in [5, 5.41) is 12.2. The number of pyridine rings is 1. The first-order valence-corrected chi connectivity index (χ1v) is 6.08. The largest absolute Gasteiger partial charge is 0.396 e. The summed E-state index contributed by atoms with van der Waals surface area (Å²) >= 11 is 0. The molecular formula is C13H20N2O. The minimum Gasteiger partial charge on any atom is -0.396 e. The molecule has 1 heterocycles. The predicted molar refractivity (Wildman–Crippen MR) is 64.5 cm³/mol. The molecule has 0 fully saturated rings. The molecule has 0 aliphatic heterocycles. The highest BCUT2D eigenvalue weighted by Gasteiger charge is 2.18. The van der Waals surface area contributed by atoms with Crippen molar-refractivity contribution >= 4 is 0 Å². The highest BCUT2D eigenvalue weighted by molar-refractivity contribution is 5.27. The molecule has 1 aromatic rings. The van der Waals surface area contributed by atoms with Crippen molar-refractivity contribution in [1.29, 1.82) is 0 Å². The highest BCUT2D eigenvalue weighted by atomic mass is 16.3. The SMILES string of the molecule is Cc1cnc2c(c1)CCC(NCCCO)C2. The fourth-order valence-electron chi connectivity index (χ4n) is 2.28. The van der Waals surface area contributed by atoms with E-state index >= 15 is 0 Å². The second kappa shape index (κ2) is 5.41. The minimum atomic E-state index is 0.272. The van der Waals surface area contributed by atoms with Crippen molar-refractivity contribution in [2.24, 2.45) is 0 Å². The molecule has 0 spiro atoms. The molecule has 16 heavy (non-hydrogen) atoms. The van der Waals surface area contributed by atoms with Crippen LogP contribution in [-0.2, 0) is 12.8 Å². The second-order valence-corrected chi connectivity index (χ2v) is 4.59. The number of hydrogen-bond donors (Lipinski definition) is 2. The number of fused-ring (bicyclic) bond motifs is 1. The molecule has 0 bridgehead atoms. The second-order valence-electron chi connectivity index (χ2n) is 4.59. The number of aliphatic hydroxyl groups excluding tert-OH is 1. The standard InChI is InChI=1S/C13H20N2O/c1-10-7-11-3-4-12(14-5-2-6-16)8-13(11)15-9-10/h7,9,12,14,16H,2-6,8H2,1H3. The Hall–Kier alpha value is -0.930. The van der Waals surface area contributed by atoms with Crippen LogP contribution in [0.5, 0.6) is 0 Å².